The van der Waals surface area contributed by atoms with Crippen LogP contribution in [0.1, 0.15) is 19.4 Å². The quantitative estimate of drug-likeness (QED) is 0.777. The normalized spacial score (nSPS) is 27.4. The van der Waals surface area contributed by atoms with Crippen LogP contribution in [0, 0.1) is 12.3 Å². The van der Waals surface area contributed by atoms with Gasteiger partial charge in [-0.1, -0.05) is 36.3 Å². The molecule has 1 aromatic carbocycles. The van der Waals surface area contributed by atoms with Crippen LogP contribution in [0.3, 0.4) is 0 Å². The Morgan fingerprint density at radius 1 is 1.41 bits per heavy atom. The summed E-state index contributed by atoms with van der Waals surface area (Å²) in [5.74, 6) is 2.82. The molecule has 0 spiro atoms. The number of piperazine rings is 1. The Balaban J connectivity index is 2.19. The first kappa shape index (κ1) is 12.2. The van der Waals surface area contributed by atoms with Gasteiger partial charge in [-0.05, 0) is 19.4 Å². The number of terminal acetylenes is 1. The summed E-state index contributed by atoms with van der Waals surface area (Å²) in [7, 11) is 0. The van der Waals surface area contributed by atoms with Gasteiger partial charge in [0.25, 0.3) is 0 Å². The van der Waals surface area contributed by atoms with Crippen LogP contribution in [0.2, 0.25) is 0 Å². The van der Waals surface area contributed by atoms with Gasteiger partial charge in [0.1, 0.15) is 0 Å². The van der Waals surface area contributed by atoms with E-state index in [9.17, 15) is 0 Å². The van der Waals surface area contributed by atoms with Crippen molar-refractivity contribution >= 4 is 0 Å². The smallest absolute Gasteiger partial charge is 0.0684 e. The van der Waals surface area contributed by atoms with E-state index in [0.29, 0.717) is 0 Å². The van der Waals surface area contributed by atoms with Crippen molar-refractivity contribution in [3.8, 4) is 12.3 Å². The van der Waals surface area contributed by atoms with Crippen LogP contribution in [0.25, 0.3) is 0 Å². The molecular formula is C15H20N2. The van der Waals surface area contributed by atoms with Crippen molar-refractivity contribution in [2.45, 2.75) is 25.4 Å². The number of nitrogens with one attached hydrogen (secondary N) is 1. The van der Waals surface area contributed by atoms with Crippen LogP contribution < -0.4 is 5.32 Å². The number of rotatable bonds is 2. The molecule has 1 aliphatic heterocycles. The van der Waals surface area contributed by atoms with E-state index in [0.717, 1.165) is 19.6 Å². The predicted octanol–water partition coefficient (Wildman–Crippen LogP) is 1.83. The second-order valence-corrected chi connectivity index (χ2v) is 4.94. The fourth-order valence-electron chi connectivity index (χ4n) is 2.45. The van der Waals surface area contributed by atoms with Gasteiger partial charge in [0, 0.05) is 19.6 Å². The van der Waals surface area contributed by atoms with Gasteiger partial charge in [-0.15, -0.1) is 6.42 Å². The lowest BCUT2D eigenvalue weighted by atomic mass is 9.89. The standard InChI is InChI=1S/C15H20N2/c1-4-13(2)17-11-10-16-15(3,12-17)14-8-6-5-7-9-14/h1,5-9,13,16H,10-12H2,2-3H3. The second kappa shape index (κ2) is 4.91. The number of benzene rings is 1. The van der Waals surface area contributed by atoms with Gasteiger partial charge in [0.05, 0.1) is 11.6 Å². The average molecular weight is 228 g/mol. The molecule has 1 fully saturated rings. The number of nitrogens with zero attached hydrogens (tertiary/aromatic N) is 1. The first-order chi connectivity index (χ1) is 8.15. The third-order valence-corrected chi connectivity index (χ3v) is 3.63. The van der Waals surface area contributed by atoms with Crippen molar-refractivity contribution in [1.29, 1.82) is 0 Å². The Morgan fingerprint density at radius 2 is 2.12 bits per heavy atom. The zero-order valence-electron chi connectivity index (χ0n) is 10.6. The van der Waals surface area contributed by atoms with Crippen LogP contribution in [0.4, 0.5) is 0 Å². The topological polar surface area (TPSA) is 15.3 Å². The first-order valence-corrected chi connectivity index (χ1v) is 6.16. The highest BCUT2D eigenvalue weighted by molar-refractivity contribution is 5.25. The summed E-state index contributed by atoms with van der Waals surface area (Å²) in [6, 6.07) is 10.8. The molecule has 2 atom stereocenters. The minimum absolute atomic E-state index is 0.00458. The van der Waals surface area contributed by atoms with Gasteiger partial charge in [0.15, 0.2) is 0 Å². The summed E-state index contributed by atoms with van der Waals surface area (Å²) in [4.78, 5) is 2.36. The summed E-state index contributed by atoms with van der Waals surface area (Å²) in [6.07, 6.45) is 5.52. The average Bonchev–Trinajstić information content (AvgIpc) is 2.39. The van der Waals surface area contributed by atoms with Gasteiger partial charge in [-0.25, -0.2) is 0 Å². The molecule has 17 heavy (non-hydrogen) atoms. The van der Waals surface area contributed by atoms with Crippen LogP contribution in [0.15, 0.2) is 30.3 Å². The molecular weight excluding hydrogens is 208 g/mol. The van der Waals surface area contributed by atoms with Gasteiger partial charge in [-0.2, -0.15) is 0 Å². The van der Waals surface area contributed by atoms with Crippen molar-refractivity contribution in [3.05, 3.63) is 35.9 Å². The molecule has 0 bridgehead atoms. The summed E-state index contributed by atoms with van der Waals surface area (Å²) >= 11 is 0. The van der Waals surface area contributed by atoms with E-state index in [1.165, 1.54) is 5.56 Å². The third-order valence-electron chi connectivity index (χ3n) is 3.63. The number of hydrogen-bond donors (Lipinski definition) is 1. The molecule has 0 amide bonds. The summed E-state index contributed by atoms with van der Waals surface area (Å²) in [5, 5.41) is 3.61. The van der Waals surface area contributed by atoms with E-state index in [2.05, 4.69) is 60.3 Å². The highest BCUT2D eigenvalue weighted by atomic mass is 15.2. The monoisotopic (exact) mass is 228 g/mol. The van der Waals surface area contributed by atoms with Crippen molar-refractivity contribution in [3.63, 3.8) is 0 Å². The van der Waals surface area contributed by atoms with E-state index in [1.54, 1.807) is 0 Å². The molecule has 1 aromatic rings. The van der Waals surface area contributed by atoms with E-state index < -0.39 is 0 Å². The molecule has 2 nitrogen and oxygen atoms in total. The zero-order chi connectivity index (χ0) is 12.3. The predicted molar refractivity (Wildman–Crippen MR) is 71.7 cm³/mol. The molecule has 1 N–H and O–H groups in total. The largest absolute Gasteiger partial charge is 0.305 e. The van der Waals surface area contributed by atoms with Gasteiger partial charge >= 0.3 is 0 Å². The first-order valence-electron chi connectivity index (χ1n) is 6.16. The lowest BCUT2D eigenvalue weighted by molar-refractivity contribution is 0.127. The van der Waals surface area contributed by atoms with Gasteiger partial charge in [0.2, 0.25) is 0 Å². The van der Waals surface area contributed by atoms with Crippen molar-refractivity contribution in [2.24, 2.45) is 0 Å². The van der Waals surface area contributed by atoms with Crippen molar-refractivity contribution in [1.82, 2.24) is 10.2 Å². The minimum atomic E-state index is 0.00458. The fourth-order valence-corrected chi connectivity index (χ4v) is 2.45. The second-order valence-electron chi connectivity index (χ2n) is 4.94. The van der Waals surface area contributed by atoms with E-state index in [4.69, 9.17) is 6.42 Å². The van der Waals surface area contributed by atoms with Crippen molar-refractivity contribution < 1.29 is 0 Å². The molecule has 1 aliphatic rings. The Kier molecular flexibility index (Phi) is 3.51. The van der Waals surface area contributed by atoms with Crippen molar-refractivity contribution in [2.75, 3.05) is 19.6 Å². The molecule has 0 aromatic heterocycles. The van der Waals surface area contributed by atoms with Crippen LogP contribution in [0.5, 0.6) is 0 Å². The third kappa shape index (κ3) is 2.52. The van der Waals surface area contributed by atoms with Gasteiger partial charge < -0.3 is 5.32 Å². The summed E-state index contributed by atoms with van der Waals surface area (Å²) < 4.78 is 0. The van der Waals surface area contributed by atoms with Crippen LogP contribution in [-0.2, 0) is 5.54 Å². The van der Waals surface area contributed by atoms with E-state index >= 15 is 0 Å². The molecule has 1 saturated heterocycles. The van der Waals surface area contributed by atoms with E-state index in [-0.39, 0.29) is 11.6 Å². The SMILES string of the molecule is C#CC(C)N1CCNC(C)(c2ccccc2)C1. The maximum atomic E-state index is 5.52. The Morgan fingerprint density at radius 3 is 2.76 bits per heavy atom. The van der Waals surface area contributed by atoms with Crippen LogP contribution in [-0.4, -0.2) is 30.6 Å². The molecule has 0 saturated carbocycles. The number of hydrogen-bond acceptors (Lipinski definition) is 2. The fraction of sp³-hybridized carbons (Fsp3) is 0.467. The molecule has 90 valence electrons. The highest BCUT2D eigenvalue weighted by Gasteiger charge is 2.33. The molecule has 0 radical (unpaired) electrons. The Labute approximate surface area is 104 Å². The van der Waals surface area contributed by atoms with Gasteiger partial charge in [-0.3, -0.25) is 4.90 Å². The van der Waals surface area contributed by atoms with E-state index in [1.807, 2.05) is 0 Å². The molecule has 2 unspecified atom stereocenters. The zero-order valence-corrected chi connectivity index (χ0v) is 10.6. The lowest BCUT2D eigenvalue weighted by Gasteiger charge is -2.43. The Hall–Kier alpha value is -1.30. The Bertz CT molecular complexity index is 407. The minimum Gasteiger partial charge on any atom is -0.305 e. The maximum Gasteiger partial charge on any atom is 0.0684 e. The lowest BCUT2D eigenvalue weighted by Crippen LogP contribution is -2.58. The molecule has 0 aliphatic carbocycles. The summed E-state index contributed by atoms with van der Waals surface area (Å²) in [5.41, 5.74) is 1.33. The molecule has 2 heteroatoms. The molecule has 2 rings (SSSR count). The van der Waals surface area contributed by atoms with Crippen LogP contribution >= 0.6 is 0 Å². The molecule has 1 heterocycles. The highest BCUT2D eigenvalue weighted by Crippen LogP contribution is 2.25. The summed E-state index contributed by atoms with van der Waals surface area (Å²) in [6.45, 7) is 7.31. The maximum absolute atomic E-state index is 5.52.